The first-order chi connectivity index (χ1) is 13.3. The second kappa shape index (κ2) is 6.51. The van der Waals surface area contributed by atoms with Crippen molar-refractivity contribution in [3.05, 3.63) is 71.4 Å². The lowest BCUT2D eigenvalue weighted by Crippen LogP contribution is -2.51. The van der Waals surface area contributed by atoms with Gasteiger partial charge in [-0.2, -0.15) is 0 Å². The van der Waals surface area contributed by atoms with Crippen LogP contribution in [0.3, 0.4) is 0 Å². The van der Waals surface area contributed by atoms with Gasteiger partial charge >= 0.3 is 6.03 Å². The molecule has 0 spiro atoms. The van der Waals surface area contributed by atoms with Gasteiger partial charge < -0.3 is 10.0 Å². The molecule has 0 fully saturated rings. The normalized spacial score (nSPS) is 19.5. The van der Waals surface area contributed by atoms with Crippen LogP contribution in [0.15, 0.2) is 54.6 Å². The molecule has 1 N–H and O–H groups in total. The molecule has 2 aliphatic rings. The maximum absolute atomic E-state index is 13.1. The van der Waals surface area contributed by atoms with Gasteiger partial charge in [0, 0.05) is 31.6 Å². The highest BCUT2D eigenvalue weighted by molar-refractivity contribution is 5.96. The summed E-state index contributed by atoms with van der Waals surface area (Å²) < 4.78 is 1.89. The number of amides is 1. The molecule has 0 saturated carbocycles. The zero-order chi connectivity index (χ0) is 18.4. The number of rotatable bonds is 4. The van der Waals surface area contributed by atoms with E-state index in [2.05, 4.69) is 35.2 Å². The maximum Gasteiger partial charge on any atom is 0.329 e. The van der Waals surface area contributed by atoms with Crippen LogP contribution < -0.4 is 0 Å². The Balaban J connectivity index is 1.63. The van der Waals surface area contributed by atoms with Crippen molar-refractivity contribution in [2.45, 2.75) is 19.0 Å². The van der Waals surface area contributed by atoms with E-state index in [1.807, 2.05) is 28.8 Å². The summed E-state index contributed by atoms with van der Waals surface area (Å²) >= 11 is 0. The number of nitrogens with zero attached hydrogens (tertiary/aromatic N) is 3. The van der Waals surface area contributed by atoms with Crippen molar-refractivity contribution < 1.29 is 9.90 Å². The van der Waals surface area contributed by atoms with Crippen LogP contribution in [0.2, 0.25) is 0 Å². The van der Waals surface area contributed by atoms with Gasteiger partial charge in [0.1, 0.15) is 0 Å². The van der Waals surface area contributed by atoms with Crippen molar-refractivity contribution in [3.8, 4) is 0 Å². The minimum absolute atomic E-state index is 0.0145. The first kappa shape index (κ1) is 16.5. The van der Waals surface area contributed by atoms with Crippen LogP contribution in [0.4, 0.5) is 4.79 Å². The number of benzene rings is 2. The van der Waals surface area contributed by atoms with E-state index in [1.165, 1.54) is 16.5 Å². The highest BCUT2D eigenvalue weighted by atomic mass is 16.3. The van der Waals surface area contributed by atoms with Gasteiger partial charge in [-0.15, -0.1) is 0 Å². The molecule has 0 saturated heterocycles. The third-order valence-corrected chi connectivity index (χ3v) is 5.88. The zero-order valence-electron chi connectivity index (χ0n) is 15.2. The lowest BCUT2D eigenvalue weighted by atomic mass is 9.95. The number of aromatic nitrogens is 1. The van der Waals surface area contributed by atoms with Crippen molar-refractivity contribution in [1.82, 2.24) is 14.4 Å². The van der Waals surface area contributed by atoms with E-state index in [0.29, 0.717) is 13.1 Å². The summed E-state index contributed by atoms with van der Waals surface area (Å²) in [7, 11) is 0. The number of aliphatic hydroxyl groups excluding tert-OH is 1. The van der Waals surface area contributed by atoms with Gasteiger partial charge in [0.25, 0.3) is 0 Å². The molecular weight excluding hydrogens is 338 g/mol. The molecule has 5 nitrogen and oxygen atoms in total. The van der Waals surface area contributed by atoms with Crippen LogP contribution in [-0.2, 0) is 13.0 Å². The van der Waals surface area contributed by atoms with Crippen LogP contribution in [0, 0.1) is 0 Å². The van der Waals surface area contributed by atoms with Crippen molar-refractivity contribution in [2.75, 3.05) is 26.2 Å². The number of aliphatic hydroxyl groups is 1. The Hall–Kier alpha value is -2.63. The SMILES string of the molecule is O=C1N(CCO)CC2c3c(c4ccccc4n31)CCN2Cc1ccccc1. The van der Waals surface area contributed by atoms with Crippen LogP contribution in [0.1, 0.15) is 22.9 Å². The van der Waals surface area contributed by atoms with E-state index in [9.17, 15) is 9.90 Å². The summed E-state index contributed by atoms with van der Waals surface area (Å²) in [6, 6.07) is 18.8. The molecular formula is C22H23N3O2. The Morgan fingerprint density at radius 3 is 2.63 bits per heavy atom. The van der Waals surface area contributed by atoms with Crippen molar-refractivity contribution in [1.29, 1.82) is 0 Å². The van der Waals surface area contributed by atoms with Crippen molar-refractivity contribution in [3.63, 3.8) is 0 Å². The average molecular weight is 361 g/mol. The molecule has 3 heterocycles. The molecule has 138 valence electrons. The summed E-state index contributed by atoms with van der Waals surface area (Å²) in [5, 5.41) is 10.7. The molecule has 0 aliphatic carbocycles. The molecule has 1 amide bonds. The Labute approximate surface area is 158 Å². The molecule has 2 aliphatic heterocycles. The molecule has 1 atom stereocenters. The van der Waals surface area contributed by atoms with E-state index in [0.717, 1.165) is 30.7 Å². The van der Waals surface area contributed by atoms with E-state index < -0.39 is 0 Å². The van der Waals surface area contributed by atoms with Gasteiger partial charge in [-0.3, -0.25) is 9.47 Å². The van der Waals surface area contributed by atoms with E-state index in [-0.39, 0.29) is 18.7 Å². The maximum atomic E-state index is 13.1. The van der Waals surface area contributed by atoms with Crippen molar-refractivity contribution >= 4 is 16.9 Å². The third kappa shape index (κ3) is 2.58. The third-order valence-electron chi connectivity index (χ3n) is 5.88. The van der Waals surface area contributed by atoms with Gasteiger partial charge in [-0.1, -0.05) is 48.5 Å². The quantitative estimate of drug-likeness (QED) is 0.777. The van der Waals surface area contributed by atoms with Crippen LogP contribution in [0.5, 0.6) is 0 Å². The first-order valence-electron chi connectivity index (χ1n) is 9.58. The second-order valence-corrected chi connectivity index (χ2v) is 7.39. The Morgan fingerprint density at radius 1 is 1.04 bits per heavy atom. The number of para-hydroxylation sites is 1. The molecule has 0 radical (unpaired) electrons. The number of fused-ring (bicyclic) bond motifs is 3. The van der Waals surface area contributed by atoms with Gasteiger partial charge in [-0.05, 0) is 23.6 Å². The Morgan fingerprint density at radius 2 is 1.81 bits per heavy atom. The minimum atomic E-state index is -0.0153. The van der Waals surface area contributed by atoms with Gasteiger partial charge in [-0.25, -0.2) is 4.79 Å². The summed E-state index contributed by atoms with van der Waals surface area (Å²) in [5.41, 5.74) is 4.74. The van der Waals surface area contributed by atoms with Gasteiger partial charge in [0.05, 0.1) is 23.9 Å². The highest BCUT2D eigenvalue weighted by Gasteiger charge is 2.40. The Kier molecular flexibility index (Phi) is 3.99. The molecule has 0 bridgehead atoms. The summed E-state index contributed by atoms with van der Waals surface area (Å²) in [5.74, 6) is 0. The average Bonchev–Trinajstić information content (AvgIpc) is 3.04. The minimum Gasteiger partial charge on any atom is -0.395 e. The number of hydrogen-bond donors (Lipinski definition) is 1. The fourth-order valence-electron chi connectivity index (χ4n) is 4.67. The van der Waals surface area contributed by atoms with Crippen LogP contribution >= 0.6 is 0 Å². The second-order valence-electron chi connectivity index (χ2n) is 7.39. The molecule has 5 heteroatoms. The van der Waals surface area contributed by atoms with E-state index in [1.54, 1.807) is 4.90 Å². The van der Waals surface area contributed by atoms with Crippen LogP contribution in [-0.4, -0.2) is 51.7 Å². The summed E-state index contributed by atoms with van der Waals surface area (Å²) in [6.07, 6.45) is 0.958. The van der Waals surface area contributed by atoms with Crippen molar-refractivity contribution in [2.24, 2.45) is 0 Å². The van der Waals surface area contributed by atoms with Crippen LogP contribution in [0.25, 0.3) is 10.9 Å². The lowest BCUT2D eigenvalue weighted by molar-refractivity contribution is 0.100. The van der Waals surface area contributed by atoms with E-state index in [4.69, 9.17) is 0 Å². The highest BCUT2D eigenvalue weighted by Crippen LogP contribution is 2.40. The standard InChI is InChI=1S/C22H23N3O2/c26-13-12-24-15-20-21-18(10-11-23(20)14-16-6-2-1-3-7-16)17-8-4-5-9-19(17)25(21)22(24)27/h1-9,20,26H,10-15H2. The number of β-amino-alcohol motifs (C(OH)–C–C–N with tert-alkyl or cyclic N) is 1. The Bertz CT molecular complexity index is 995. The predicted molar refractivity (Wildman–Crippen MR) is 105 cm³/mol. The monoisotopic (exact) mass is 361 g/mol. The largest absolute Gasteiger partial charge is 0.395 e. The molecule has 2 aromatic carbocycles. The first-order valence-corrected chi connectivity index (χ1v) is 9.58. The summed E-state index contributed by atoms with van der Waals surface area (Å²) in [4.78, 5) is 17.4. The topological polar surface area (TPSA) is 48.7 Å². The number of hydrogen-bond acceptors (Lipinski definition) is 3. The van der Waals surface area contributed by atoms with Gasteiger partial charge in [0.2, 0.25) is 0 Å². The molecule has 3 aromatic rings. The molecule has 1 unspecified atom stereocenters. The predicted octanol–water partition coefficient (Wildman–Crippen LogP) is 3.02. The summed E-state index contributed by atoms with van der Waals surface area (Å²) in [6.45, 7) is 2.83. The number of carbonyl (C=O) groups is 1. The smallest absolute Gasteiger partial charge is 0.329 e. The lowest BCUT2D eigenvalue weighted by Gasteiger charge is -2.43. The fourth-order valence-corrected chi connectivity index (χ4v) is 4.67. The zero-order valence-corrected chi connectivity index (χ0v) is 15.2. The van der Waals surface area contributed by atoms with E-state index >= 15 is 0 Å². The molecule has 5 rings (SSSR count). The molecule has 27 heavy (non-hydrogen) atoms. The number of carbonyl (C=O) groups excluding carboxylic acids is 1. The molecule has 1 aromatic heterocycles. The fraction of sp³-hybridized carbons (Fsp3) is 0.318. The van der Waals surface area contributed by atoms with Gasteiger partial charge in [0.15, 0.2) is 0 Å².